The zero-order valence-corrected chi connectivity index (χ0v) is 13.4. The maximum absolute atomic E-state index is 11.3. The summed E-state index contributed by atoms with van der Waals surface area (Å²) in [5.41, 5.74) is 0. The van der Waals surface area contributed by atoms with E-state index in [0.29, 0.717) is 12.8 Å². The number of rotatable bonds is 9. The average molecular weight is 292 g/mol. The predicted octanol–water partition coefficient (Wildman–Crippen LogP) is 1.41. The molecule has 0 heterocycles. The van der Waals surface area contributed by atoms with Gasteiger partial charge in [0.1, 0.15) is 0 Å². The summed E-state index contributed by atoms with van der Waals surface area (Å²) < 4.78 is 0. The van der Waals surface area contributed by atoms with Crippen molar-refractivity contribution < 1.29 is 9.59 Å². The van der Waals surface area contributed by atoms with Crippen LogP contribution < -0.4 is 0 Å². The van der Waals surface area contributed by atoms with Gasteiger partial charge in [0, 0.05) is 64.0 Å². The number of hydrogen-bond acceptors (Lipinski definition) is 4. The maximum atomic E-state index is 11.3. The molecule has 0 fully saturated rings. The minimum Gasteiger partial charge on any atom is -0.349 e. The fourth-order valence-corrected chi connectivity index (χ4v) is 3.08. The largest absolute Gasteiger partial charge is 0.349 e. The number of carbonyl (C=O) groups is 2. The molecule has 4 nitrogen and oxygen atoms in total. The molecule has 0 spiro atoms. The Morgan fingerprint density at radius 1 is 0.722 bits per heavy atom. The summed E-state index contributed by atoms with van der Waals surface area (Å²) in [6, 6.07) is 0. The molecule has 0 saturated carbocycles. The molecule has 0 rings (SSSR count). The summed E-state index contributed by atoms with van der Waals surface area (Å²) in [5.74, 6) is 4.23. The zero-order chi connectivity index (χ0) is 14.0. The summed E-state index contributed by atoms with van der Waals surface area (Å²) in [5, 5.41) is 0. The van der Waals surface area contributed by atoms with Crippen LogP contribution in [0.15, 0.2) is 0 Å². The first-order valence-corrected chi connectivity index (χ1v) is 8.32. The lowest BCUT2D eigenvalue weighted by Gasteiger charge is -2.10. The van der Waals surface area contributed by atoms with E-state index in [0.717, 1.165) is 23.0 Å². The highest BCUT2D eigenvalue weighted by molar-refractivity contribution is 8.02. The zero-order valence-electron chi connectivity index (χ0n) is 11.8. The molecule has 0 aromatic carbocycles. The Balaban J connectivity index is 3.27. The molecular formula is C12H24N2O2S2. The molecular weight excluding hydrogens is 268 g/mol. The van der Waals surface area contributed by atoms with Gasteiger partial charge in [-0.1, -0.05) is 0 Å². The third-order valence-corrected chi connectivity index (χ3v) is 4.52. The van der Waals surface area contributed by atoms with E-state index in [4.69, 9.17) is 0 Å². The van der Waals surface area contributed by atoms with Gasteiger partial charge in [-0.3, -0.25) is 9.59 Å². The third kappa shape index (κ3) is 9.65. The number of thioether (sulfide) groups is 2. The van der Waals surface area contributed by atoms with E-state index in [2.05, 4.69) is 0 Å². The van der Waals surface area contributed by atoms with Crippen molar-refractivity contribution in [1.82, 2.24) is 9.80 Å². The van der Waals surface area contributed by atoms with Gasteiger partial charge in [-0.05, 0) is 0 Å². The molecule has 0 unspecified atom stereocenters. The molecule has 18 heavy (non-hydrogen) atoms. The molecule has 0 aliphatic carbocycles. The van der Waals surface area contributed by atoms with Crippen molar-refractivity contribution in [3.63, 3.8) is 0 Å². The summed E-state index contributed by atoms with van der Waals surface area (Å²) in [6.45, 7) is 0. The van der Waals surface area contributed by atoms with Crippen molar-refractivity contribution in [2.45, 2.75) is 12.8 Å². The highest BCUT2D eigenvalue weighted by atomic mass is 32.2. The molecule has 2 amide bonds. The van der Waals surface area contributed by atoms with Crippen LogP contribution in [0.4, 0.5) is 0 Å². The highest BCUT2D eigenvalue weighted by Gasteiger charge is 2.04. The van der Waals surface area contributed by atoms with Crippen LogP contribution >= 0.6 is 23.5 Å². The lowest BCUT2D eigenvalue weighted by atomic mass is 10.4. The fraction of sp³-hybridized carbons (Fsp3) is 0.833. The first-order valence-electron chi connectivity index (χ1n) is 6.01. The van der Waals surface area contributed by atoms with E-state index in [1.165, 1.54) is 0 Å². The first-order chi connectivity index (χ1) is 8.45. The Kier molecular flexibility index (Phi) is 10.3. The van der Waals surface area contributed by atoms with Crippen LogP contribution in [0.5, 0.6) is 0 Å². The standard InChI is InChI=1S/C12H24N2O2S2/c1-13(2)11(15)5-7-17-9-10-18-8-6-12(16)14(3)4/h5-10H2,1-4H3. The summed E-state index contributed by atoms with van der Waals surface area (Å²) in [7, 11) is 7.13. The second-order valence-corrected chi connectivity index (χ2v) is 6.75. The normalized spacial score (nSPS) is 10.2. The predicted molar refractivity (Wildman–Crippen MR) is 81.3 cm³/mol. The van der Waals surface area contributed by atoms with E-state index in [1.807, 2.05) is 0 Å². The number of carbonyl (C=O) groups excluding carboxylic acids is 2. The summed E-state index contributed by atoms with van der Waals surface area (Å²) in [6.07, 6.45) is 1.23. The van der Waals surface area contributed by atoms with Crippen LogP contribution in [-0.2, 0) is 9.59 Å². The molecule has 0 saturated heterocycles. The van der Waals surface area contributed by atoms with Gasteiger partial charge in [0.05, 0.1) is 0 Å². The fourth-order valence-electron chi connectivity index (χ4n) is 1.09. The van der Waals surface area contributed by atoms with Crippen molar-refractivity contribution in [3.8, 4) is 0 Å². The Bertz CT molecular complexity index is 232. The third-order valence-electron chi connectivity index (χ3n) is 2.29. The van der Waals surface area contributed by atoms with Crippen LogP contribution in [-0.4, -0.2) is 72.8 Å². The van der Waals surface area contributed by atoms with E-state index < -0.39 is 0 Å². The van der Waals surface area contributed by atoms with Crippen molar-refractivity contribution in [2.75, 3.05) is 51.2 Å². The van der Waals surface area contributed by atoms with Crippen LogP contribution in [0.25, 0.3) is 0 Å². The van der Waals surface area contributed by atoms with Crippen LogP contribution in [0.1, 0.15) is 12.8 Å². The van der Waals surface area contributed by atoms with Crippen LogP contribution in [0.2, 0.25) is 0 Å². The molecule has 106 valence electrons. The Labute approximate surface area is 119 Å². The van der Waals surface area contributed by atoms with Crippen molar-refractivity contribution >= 4 is 35.3 Å². The average Bonchev–Trinajstić information content (AvgIpc) is 2.31. The summed E-state index contributed by atoms with van der Waals surface area (Å²) >= 11 is 3.60. The lowest BCUT2D eigenvalue weighted by Crippen LogP contribution is -2.22. The van der Waals surface area contributed by atoms with Gasteiger partial charge in [-0.25, -0.2) is 0 Å². The number of nitrogens with zero attached hydrogens (tertiary/aromatic N) is 2. The Hall–Kier alpha value is -0.360. The van der Waals surface area contributed by atoms with Crippen molar-refractivity contribution in [1.29, 1.82) is 0 Å². The minimum absolute atomic E-state index is 0.187. The van der Waals surface area contributed by atoms with Gasteiger partial charge >= 0.3 is 0 Å². The van der Waals surface area contributed by atoms with E-state index in [9.17, 15) is 9.59 Å². The molecule has 0 aromatic heterocycles. The monoisotopic (exact) mass is 292 g/mol. The van der Waals surface area contributed by atoms with Crippen molar-refractivity contribution in [2.24, 2.45) is 0 Å². The van der Waals surface area contributed by atoms with Gasteiger partial charge in [-0.15, -0.1) is 0 Å². The molecule has 0 aliphatic heterocycles. The molecule has 0 atom stereocenters. The van der Waals surface area contributed by atoms with Crippen LogP contribution in [0, 0.1) is 0 Å². The van der Waals surface area contributed by atoms with E-state index >= 15 is 0 Å². The molecule has 6 heteroatoms. The Morgan fingerprint density at radius 2 is 1.06 bits per heavy atom. The van der Waals surface area contributed by atoms with Gasteiger partial charge in [-0.2, -0.15) is 23.5 Å². The smallest absolute Gasteiger partial charge is 0.222 e. The van der Waals surface area contributed by atoms with Gasteiger partial charge < -0.3 is 9.80 Å². The topological polar surface area (TPSA) is 40.6 Å². The van der Waals surface area contributed by atoms with Crippen molar-refractivity contribution in [3.05, 3.63) is 0 Å². The van der Waals surface area contributed by atoms with Gasteiger partial charge in [0.15, 0.2) is 0 Å². The Morgan fingerprint density at radius 3 is 1.33 bits per heavy atom. The second-order valence-electron chi connectivity index (χ2n) is 4.30. The lowest BCUT2D eigenvalue weighted by molar-refractivity contribution is -0.128. The van der Waals surface area contributed by atoms with E-state index in [1.54, 1.807) is 61.5 Å². The maximum Gasteiger partial charge on any atom is 0.222 e. The molecule has 0 aromatic rings. The minimum atomic E-state index is 0.187. The second kappa shape index (κ2) is 10.6. The molecule has 0 radical (unpaired) electrons. The summed E-state index contributed by atoms with van der Waals surface area (Å²) in [4.78, 5) is 25.8. The van der Waals surface area contributed by atoms with Gasteiger partial charge in [0.25, 0.3) is 0 Å². The van der Waals surface area contributed by atoms with Gasteiger partial charge in [0.2, 0.25) is 11.8 Å². The SMILES string of the molecule is CN(C)C(=O)CCSCCSCCC(=O)N(C)C. The number of hydrogen-bond donors (Lipinski definition) is 0. The van der Waals surface area contributed by atoms with E-state index in [-0.39, 0.29) is 11.8 Å². The quantitative estimate of drug-likeness (QED) is 0.603. The molecule has 0 bridgehead atoms. The molecule has 0 N–H and O–H groups in total. The highest BCUT2D eigenvalue weighted by Crippen LogP contribution is 2.10. The van der Waals surface area contributed by atoms with Crippen LogP contribution in [0.3, 0.4) is 0 Å². The first kappa shape index (κ1) is 17.6. The molecule has 0 aliphatic rings. The number of amides is 2.